The van der Waals surface area contributed by atoms with Crippen LogP contribution in [0.5, 0.6) is 0 Å². The number of fused-ring (bicyclic) bond motifs is 2. The van der Waals surface area contributed by atoms with Gasteiger partial charge in [0.15, 0.2) is 0 Å². The van der Waals surface area contributed by atoms with E-state index in [0.29, 0.717) is 36.0 Å². The number of hydrogen-bond acceptors (Lipinski definition) is 4. The number of benzene rings is 1. The molecule has 0 spiro atoms. The minimum Gasteiger partial charge on any atom is -0.366 e. The normalized spacial score (nSPS) is 26.0. The summed E-state index contributed by atoms with van der Waals surface area (Å²) in [6.07, 6.45) is 11.3. The molecule has 6 heteroatoms. The Morgan fingerprint density at radius 2 is 1.73 bits per heavy atom. The zero-order valence-electron chi connectivity index (χ0n) is 20.5. The van der Waals surface area contributed by atoms with Gasteiger partial charge < -0.3 is 15.5 Å². The van der Waals surface area contributed by atoms with Crippen LogP contribution in [0, 0.1) is 5.92 Å². The Bertz CT molecular complexity index is 806. The number of likely N-dealkylation sites (N-methyl/N-ethyl adjacent to an activating group) is 1. The van der Waals surface area contributed by atoms with Gasteiger partial charge in [0, 0.05) is 37.3 Å². The zero-order valence-corrected chi connectivity index (χ0v) is 20.5. The molecule has 1 aliphatic carbocycles. The number of hydrogen-bond donors (Lipinski definition) is 1. The monoisotopic (exact) mass is 454 g/mol. The van der Waals surface area contributed by atoms with Crippen molar-refractivity contribution in [2.45, 2.75) is 75.8 Å². The molecule has 0 aromatic heterocycles. The first-order valence-electron chi connectivity index (χ1n) is 13.0. The van der Waals surface area contributed by atoms with Crippen molar-refractivity contribution in [2.24, 2.45) is 11.7 Å². The quantitative estimate of drug-likeness (QED) is 0.620. The molecule has 0 radical (unpaired) electrons. The summed E-state index contributed by atoms with van der Waals surface area (Å²) < 4.78 is 0. The molecule has 2 N–H and O–H groups in total. The molecule has 3 aliphatic rings. The van der Waals surface area contributed by atoms with E-state index in [2.05, 4.69) is 15.9 Å². The maximum Gasteiger partial charge on any atom is 0.248 e. The number of carbonyl (C=O) groups excluding carboxylic acids is 2. The SMILES string of the molecule is CN(C)CC(=O)N(CCN1[C@@H]2CC[C@H]1C[C@@H](c1cccc(C(N)=O)c1)C2)CC1CCCCC1. The van der Waals surface area contributed by atoms with Crippen LogP contribution in [0.25, 0.3) is 0 Å². The van der Waals surface area contributed by atoms with Gasteiger partial charge in [0.05, 0.1) is 6.54 Å². The summed E-state index contributed by atoms with van der Waals surface area (Å²) in [5, 5.41) is 0. The van der Waals surface area contributed by atoms with Crippen molar-refractivity contribution in [1.82, 2.24) is 14.7 Å². The first-order valence-corrected chi connectivity index (χ1v) is 13.0. The van der Waals surface area contributed by atoms with E-state index in [0.717, 1.165) is 32.5 Å². The van der Waals surface area contributed by atoms with E-state index < -0.39 is 0 Å². The molecule has 3 atom stereocenters. The number of piperidine rings is 1. The van der Waals surface area contributed by atoms with Crippen LogP contribution in [0.1, 0.15) is 79.6 Å². The standard InChI is InChI=1S/C27H42N4O2/c1-29(2)19-26(32)30(18-20-7-4-3-5-8-20)13-14-31-24-11-12-25(31)17-23(16-24)21-9-6-10-22(15-21)27(28)33/h6,9-10,15,20,23-25H,3-5,7-8,11-14,16-19H2,1-2H3,(H2,28,33)/t23-,24+,25-. The second kappa shape index (κ2) is 11.0. The van der Waals surface area contributed by atoms with E-state index in [1.165, 1.54) is 50.5 Å². The molecule has 6 nitrogen and oxygen atoms in total. The fourth-order valence-corrected chi connectivity index (χ4v) is 6.46. The minimum absolute atomic E-state index is 0.274. The van der Waals surface area contributed by atoms with Crippen molar-refractivity contribution in [3.8, 4) is 0 Å². The van der Waals surface area contributed by atoms with Gasteiger partial charge in [-0.15, -0.1) is 0 Å². The third kappa shape index (κ3) is 6.15. The Morgan fingerprint density at radius 1 is 1.03 bits per heavy atom. The Hall–Kier alpha value is -1.92. The largest absolute Gasteiger partial charge is 0.366 e. The number of amides is 2. The highest BCUT2D eigenvalue weighted by molar-refractivity contribution is 5.92. The molecule has 1 saturated carbocycles. The number of primary amides is 1. The molecule has 2 aliphatic heterocycles. The highest BCUT2D eigenvalue weighted by atomic mass is 16.2. The summed E-state index contributed by atoms with van der Waals surface area (Å²) in [6, 6.07) is 9.06. The number of carbonyl (C=O) groups is 2. The smallest absolute Gasteiger partial charge is 0.248 e. The molecule has 1 aromatic carbocycles. The molecule has 2 saturated heterocycles. The van der Waals surface area contributed by atoms with E-state index in [1.54, 1.807) is 6.07 Å². The van der Waals surface area contributed by atoms with Crippen LogP contribution in [0.15, 0.2) is 24.3 Å². The van der Waals surface area contributed by atoms with Gasteiger partial charge >= 0.3 is 0 Å². The predicted molar refractivity (Wildman–Crippen MR) is 132 cm³/mol. The van der Waals surface area contributed by atoms with Gasteiger partial charge in [0.1, 0.15) is 0 Å². The van der Waals surface area contributed by atoms with Crippen LogP contribution >= 0.6 is 0 Å². The summed E-state index contributed by atoms with van der Waals surface area (Å²) in [5.74, 6) is 1.09. The minimum atomic E-state index is -0.349. The molecule has 182 valence electrons. The van der Waals surface area contributed by atoms with Crippen LogP contribution in [0.4, 0.5) is 0 Å². The Labute approximate surface area is 199 Å². The molecule has 1 aromatic rings. The predicted octanol–water partition coefficient (Wildman–Crippen LogP) is 3.47. The Morgan fingerprint density at radius 3 is 2.36 bits per heavy atom. The second-order valence-corrected chi connectivity index (χ2v) is 10.9. The van der Waals surface area contributed by atoms with Gasteiger partial charge in [-0.05, 0) is 82.2 Å². The first kappa shape index (κ1) is 24.2. The van der Waals surface area contributed by atoms with Gasteiger partial charge in [-0.3, -0.25) is 14.5 Å². The van der Waals surface area contributed by atoms with Crippen LogP contribution in [-0.4, -0.2) is 78.9 Å². The lowest BCUT2D eigenvalue weighted by Crippen LogP contribution is -2.49. The topological polar surface area (TPSA) is 69.9 Å². The highest BCUT2D eigenvalue weighted by Gasteiger charge is 2.41. The van der Waals surface area contributed by atoms with Crippen molar-refractivity contribution in [2.75, 3.05) is 40.3 Å². The summed E-state index contributed by atoms with van der Waals surface area (Å²) in [5.41, 5.74) is 7.37. The first-order chi connectivity index (χ1) is 15.9. The second-order valence-electron chi connectivity index (χ2n) is 10.9. The molecule has 2 heterocycles. The number of nitrogens with zero attached hydrogens (tertiary/aromatic N) is 3. The van der Waals surface area contributed by atoms with Gasteiger partial charge in [0.2, 0.25) is 11.8 Å². The van der Waals surface area contributed by atoms with Crippen molar-refractivity contribution in [3.05, 3.63) is 35.4 Å². The molecule has 2 bridgehead atoms. The highest BCUT2D eigenvalue weighted by Crippen LogP contribution is 2.43. The molecule has 33 heavy (non-hydrogen) atoms. The molecular weight excluding hydrogens is 412 g/mol. The molecule has 0 unspecified atom stereocenters. The van der Waals surface area contributed by atoms with Crippen LogP contribution < -0.4 is 5.73 Å². The number of rotatable bonds is 9. The van der Waals surface area contributed by atoms with E-state index in [1.807, 2.05) is 31.1 Å². The average Bonchev–Trinajstić information content (AvgIpc) is 3.03. The van der Waals surface area contributed by atoms with Crippen LogP contribution in [-0.2, 0) is 4.79 Å². The van der Waals surface area contributed by atoms with Gasteiger partial charge in [-0.2, -0.15) is 0 Å². The Balaban J connectivity index is 1.37. The van der Waals surface area contributed by atoms with Crippen molar-refractivity contribution in [1.29, 1.82) is 0 Å². The van der Waals surface area contributed by atoms with Gasteiger partial charge in [0.25, 0.3) is 0 Å². The fourth-order valence-electron chi connectivity index (χ4n) is 6.46. The lowest BCUT2D eigenvalue weighted by molar-refractivity contribution is -0.133. The molecule has 2 amide bonds. The van der Waals surface area contributed by atoms with Gasteiger partial charge in [-0.25, -0.2) is 0 Å². The van der Waals surface area contributed by atoms with E-state index in [9.17, 15) is 9.59 Å². The third-order valence-electron chi connectivity index (χ3n) is 8.16. The zero-order chi connectivity index (χ0) is 23.4. The van der Waals surface area contributed by atoms with Crippen molar-refractivity contribution in [3.63, 3.8) is 0 Å². The lowest BCUT2D eigenvalue weighted by atomic mass is 9.84. The average molecular weight is 455 g/mol. The third-order valence-corrected chi connectivity index (χ3v) is 8.16. The molecule has 4 rings (SSSR count). The van der Waals surface area contributed by atoms with Crippen molar-refractivity contribution < 1.29 is 9.59 Å². The summed E-state index contributed by atoms with van der Waals surface area (Å²) in [7, 11) is 3.96. The lowest BCUT2D eigenvalue weighted by Gasteiger charge is -2.40. The fraction of sp³-hybridized carbons (Fsp3) is 0.704. The maximum absolute atomic E-state index is 13.0. The molecular formula is C27H42N4O2. The Kier molecular flexibility index (Phi) is 8.07. The van der Waals surface area contributed by atoms with E-state index in [-0.39, 0.29) is 11.8 Å². The van der Waals surface area contributed by atoms with E-state index >= 15 is 0 Å². The molecule has 3 fully saturated rings. The number of nitrogens with two attached hydrogens (primary N) is 1. The summed E-state index contributed by atoms with van der Waals surface area (Å²) >= 11 is 0. The van der Waals surface area contributed by atoms with Crippen LogP contribution in [0.3, 0.4) is 0 Å². The van der Waals surface area contributed by atoms with Gasteiger partial charge in [-0.1, -0.05) is 31.4 Å². The summed E-state index contributed by atoms with van der Waals surface area (Å²) in [6.45, 7) is 3.25. The van der Waals surface area contributed by atoms with Crippen molar-refractivity contribution >= 4 is 11.8 Å². The van der Waals surface area contributed by atoms with Crippen LogP contribution in [0.2, 0.25) is 0 Å². The summed E-state index contributed by atoms with van der Waals surface area (Å²) in [4.78, 5) is 31.5. The maximum atomic E-state index is 13.0. The van der Waals surface area contributed by atoms with E-state index in [4.69, 9.17) is 5.73 Å².